The fraction of sp³-hybridized carbons (Fsp3) is 0.333. The minimum absolute atomic E-state index is 0.0746. The number of fused-ring (bicyclic) bond motifs is 1. The Morgan fingerprint density at radius 3 is 2.92 bits per heavy atom. The molecule has 2 aromatic rings. The van der Waals surface area contributed by atoms with Crippen LogP contribution in [0.4, 0.5) is 5.13 Å². The minimum atomic E-state index is 0.0746. The van der Waals surface area contributed by atoms with Gasteiger partial charge in [-0.3, -0.25) is 4.79 Å². The van der Waals surface area contributed by atoms with Gasteiger partial charge >= 0.3 is 0 Å². The number of hydrogen-bond acceptors (Lipinski definition) is 5. The Balaban J connectivity index is 1.35. The summed E-state index contributed by atoms with van der Waals surface area (Å²) in [4.78, 5) is 20.8. The summed E-state index contributed by atoms with van der Waals surface area (Å²) >= 11 is 1.64. The fourth-order valence-corrected chi connectivity index (χ4v) is 3.77. The molecule has 1 aromatic carbocycles. The lowest BCUT2D eigenvalue weighted by molar-refractivity contribution is -0.126. The van der Waals surface area contributed by atoms with Crippen LogP contribution < -0.4 is 9.64 Å². The lowest BCUT2D eigenvalue weighted by atomic mass is 10.1. The van der Waals surface area contributed by atoms with Crippen LogP contribution in [0.25, 0.3) is 6.08 Å². The number of aromatic nitrogens is 1. The van der Waals surface area contributed by atoms with E-state index in [1.807, 2.05) is 34.7 Å². The Kier molecular flexibility index (Phi) is 4.21. The van der Waals surface area contributed by atoms with Gasteiger partial charge < -0.3 is 14.5 Å². The smallest absolute Gasteiger partial charge is 0.246 e. The van der Waals surface area contributed by atoms with Crippen molar-refractivity contribution in [3.63, 3.8) is 0 Å². The maximum atomic E-state index is 12.4. The van der Waals surface area contributed by atoms with E-state index in [1.165, 1.54) is 5.56 Å². The van der Waals surface area contributed by atoms with Crippen molar-refractivity contribution in [3.05, 3.63) is 47.0 Å². The van der Waals surface area contributed by atoms with Gasteiger partial charge in [-0.25, -0.2) is 4.98 Å². The largest absolute Gasteiger partial charge is 0.493 e. The summed E-state index contributed by atoms with van der Waals surface area (Å²) in [6, 6.07) is 6.08. The number of piperazine rings is 1. The molecular weight excluding hydrogens is 322 g/mol. The fourth-order valence-electron chi connectivity index (χ4n) is 3.07. The van der Waals surface area contributed by atoms with Crippen LogP contribution in [0.5, 0.6) is 5.75 Å². The zero-order chi connectivity index (χ0) is 16.4. The highest BCUT2D eigenvalue weighted by Crippen LogP contribution is 2.26. The van der Waals surface area contributed by atoms with E-state index < -0.39 is 0 Å². The predicted molar refractivity (Wildman–Crippen MR) is 95.6 cm³/mol. The Bertz CT molecular complexity index is 750. The Morgan fingerprint density at radius 1 is 1.25 bits per heavy atom. The molecule has 0 aliphatic carbocycles. The molecule has 3 heterocycles. The van der Waals surface area contributed by atoms with E-state index in [1.54, 1.807) is 17.4 Å². The Hall–Kier alpha value is -2.34. The average molecular weight is 341 g/mol. The second-order valence-corrected chi connectivity index (χ2v) is 6.80. The van der Waals surface area contributed by atoms with Gasteiger partial charge in [0.2, 0.25) is 5.91 Å². The molecule has 0 unspecified atom stereocenters. The number of amides is 1. The van der Waals surface area contributed by atoms with Gasteiger partial charge in [0.05, 0.1) is 6.61 Å². The zero-order valence-electron chi connectivity index (χ0n) is 13.4. The molecule has 1 fully saturated rings. The van der Waals surface area contributed by atoms with Crippen molar-refractivity contribution in [2.24, 2.45) is 0 Å². The number of rotatable bonds is 3. The van der Waals surface area contributed by atoms with Crippen LogP contribution in [-0.4, -0.2) is 48.6 Å². The highest BCUT2D eigenvalue weighted by atomic mass is 32.1. The molecule has 0 saturated carbocycles. The van der Waals surface area contributed by atoms with Crippen LogP contribution in [0.15, 0.2) is 35.9 Å². The molecule has 1 aromatic heterocycles. The number of anilines is 1. The lowest BCUT2D eigenvalue weighted by Gasteiger charge is -2.34. The van der Waals surface area contributed by atoms with E-state index in [2.05, 4.69) is 16.0 Å². The molecule has 2 aliphatic heterocycles. The zero-order valence-corrected chi connectivity index (χ0v) is 14.2. The molecule has 0 radical (unpaired) electrons. The number of ether oxygens (including phenoxy) is 1. The van der Waals surface area contributed by atoms with Crippen LogP contribution in [-0.2, 0) is 11.2 Å². The second kappa shape index (κ2) is 6.65. The molecule has 5 nitrogen and oxygen atoms in total. The summed E-state index contributed by atoms with van der Waals surface area (Å²) < 4.78 is 5.51. The number of benzene rings is 1. The van der Waals surface area contributed by atoms with Crippen LogP contribution in [0.1, 0.15) is 11.1 Å². The van der Waals surface area contributed by atoms with Crippen LogP contribution in [0, 0.1) is 0 Å². The van der Waals surface area contributed by atoms with E-state index in [4.69, 9.17) is 4.74 Å². The summed E-state index contributed by atoms with van der Waals surface area (Å²) in [5, 5.41) is 3.02. The standard InChI is InChI=1S/C18H19N3O2S/c22-17(4-2-14-1-3-16-15(13-14)5-11-23-16)20-7-9-21(10-8-20)18-19-6-12-24-18/h1-4,6,12-13H,5,7-11H2. The van der Waals surface area contributed by atoms with Crippen molar-refractivity contribution in [1.82, 2.24) is 9.88 Å². The van der Waals surface area contributed by atoms with Crippen molar-refractivity contribution in [2.75, 3.05) is 37.7 Å². The molecule has 0 atom stereocenters. The lowest BCUT2D eigenvalue weighted by Crippen LogP contribution is -2.48. The van der Waals surface area contributed by atoms with Gasteiger partial charge in [0.25, 0.3) is 0 Å². The van der Waals surface area contributed by atoms with Gasteiger partial charge in [-0.05, 0) is 29.3 Å². The molecule has 0 spiro atoms. The molecule has 0 N–H and O–H groups in total. The van der Waals surface area contributed by atoms with Crippen molar-refractivity contribution in [2.45, 2.75) is 6.42 Å². The summed E-state index contributed by atoms with van der Waals surface area (Å²) in [6.07, 6.45) is 6.34. The first kappa shape index (κ1) is 15.2. The topological polar surface area (TPSA) is 45.7 Å². The third-order valence-electron chi connectivity index (χ3n) is 4.41. The van der Waals surface area contributed by atoms with Gasteiger partial charge in [0.1, 0.15) is 5.75 Å². The molecule has 2 aliphatic rings. The number of carbonyl (C=O) groups excluding carboxylic acids is 1. The maximum Gasteiger partial charge on any atom is 0.246 e. The van der Waals surface area contributed by atoms with Crippen molar-refractivity contribution >= 4 is 28.5 Å². The predicted octanol–water partition coefficient (Wildman–Crippen LogP) is 2.44. The maximum absolute atomic E-state index is 12.4. The molecular formula is C18H19N3O2S. The van der Waals surface area contributed by atoms with Gasteiger partial charge in [0, 0.05) is 50.3 Å². The third-order valence-corrected chi connectivity index (χ3v) is 5.25. The second-order valence-electron chi connectivity index (χ2n) is 5.93. The minimum Gasteiger partial charge on any atom is -0.493 e. The van der Waals surface area contributed by atoms with Gasteiger partial charge in [-0.1, -0.05) is 6.07 Å². The molecule has 24 heavy (non-hydrogen) atoms. The van der Waals surface area contributed by atoms with E-state index in [-0.39, 0.29) is 5.91 Å². The molecule has 4 rings (SSSR count). The highest BCUT2D eigenvalue weighted by Gasteiger charge is 2.21. The Morgan fingerprint density at radius 2 is 2.12 bits per heavy atom. The number of thiazole rings is 1. The molecule has 124 valence electrons. The highest BCUT2D eigenvalue weighted by molar-refractivity contribution is 7.13. The number of nitrogens with zero attached hydrogens (tertiary/aromatic N) is 3. The van der Waals surface area contributed by atoms with Crippen molar-refractivity contribution in [3.8, 4) is 5.75 Å². The summed E-state index contributed by atoms with van der Waals surface area (Å²) in [7, 11) is 0. The Labute approximate surface area is 145 Å². The van der Waals surface area contributed by atoms with E-state index in [0.717, 1.165) is 55.7 Å². The van der Waals surface area contributed by atoms with Crippen LogP contribution in [0.2, 0.25) is 0 Å². The SMILES string of the molecule is O=C(C=Cc1ccc2c(c1)CCO2)N1CCN(c2nccs2)CC1. The summed E-state index contributed by atoms with van der Waals surface area (Å²) in [6.45, 7) is 3.90. The first-order chi connectivity index (χ1) is 11.8. The normalized spacial score (nSPS) is 17.2. The van der Waals surface area contributed by atoms with Gasteiger partial charge in [-0.2, -0.15) is 0 Å². The average Bonchev–Trinajstić information content (AvgIpc) is 3.31. The molecule has 6 heteroatoms. The van der Waals surface area contributed by atoms with E-state index in [9.17, 15) is 4.79 Å². The van der Waals surface area contributed by atoms with Crippen molar-refractivity contribution in [1.29, 1.82) is 0 Å². The molecule has 1 amide bonds. The summed E-state index contributed by atoms with van der Waals surface area (Å²) in [5.74, 6) is 1.04. The van der Waals surface area contributed by atoms with Crippen LogP contribution in [0.3, 0.4) is 0 Å². The molecule has 0 bridgehead atoms. The van der Waals surface area contributed by atoms with Gasteiger partial charge in [-0.15, -0.1) is 11.3 Å². The molecule has 1 saturated heterocycles. The van der Waals surface area contributed by atoms with Crippen molar-refractivity contribution < 1.29 is 9.53 Å². The van der Waals surface area contributed by atoms with Gasteiger partial charge in [0.15, 0.2) is 5.13 Å². The third kappa shape index (κ3) is 3.14. The number of carbonyl (C=O) groups is 1. The van der Waals surface area contributed by atoms with Crippen LogP contribution >= 0.6 is 11.3 Å². The summed E-state index contributed by atoms with van der Waals surface area (Å²) in [5.41, 5.74) is 2.27. The van der Waals surface area contributed by atoms with E-state index in [0.29, 0.717) is 0 Å². The monoisotopic (exact) mass is 341 g/mol. The first-order valence-corrected chi connectivity index (χ1v) is 9.05. The quantitative estimate of drug-likeness (QED) is 0.805. The number of hydrogen-bond donors (Lipinski definition) is 0. The first-order valence-electron chi connectivity index (χ1n) is 8.17. The van der Waals surface area contributed by atoms with E-state index >= 15 is 0 Å².